The number of hydrogen-bond donors (Lipinski definition) is 0. The predicted octanol–water partition coefficient (Wildman–Crippen LogP) is 4.12. The fraction of sp³-hybridized carbons (Fsp3) is 0.333. The van der Waals surface area contributed by atoms with E-state index in [0.717, 1.165) is 10.0 Å². The molecule has 1 aromatic rings. The van der Waals surface area contributed by atoms with Gasteiger partial charge in [0.1, 0.15) is 11.1 Å². The number of rotatable bonds is 3. The molecule has 14 heavy (non-hydrogen) atoms. The Labute approximate surface area is 97.7 Å². The molecule has 0 spiro atoms. The van der Waals surface area contributed by atoms with Gasteiger partial charge in [-0.2, -0.15) is 8.78 Å². The first-order chi connectivity index (χ1) is 6.44. The Morgan fingerprint density at radius 1 is 1.43 bits per heavy atom. The molecule has 0 saturated carbocycles. The van der Waals surface area contributed by atoms with E-state index in [1.54, 1.807) is 12.1 Å². The molecule has 0 heterocycles. The molecule has 0 saturated heterocycles. The molecule has 0 fully saturated rings. The van der Waals surface area contributed by atoms with Crippen molar-refractivity contribution in [2.75, 3.05) is 5.33 Å². The van der Waals surface area contributed by atoms with Crippen LogP contribution in [0, 0.1) is 6.92 Å². The molecule has 0 amide bonds. The Morgan fingerprint density at radius 2 is 2.07 bits per heavy atom. The average molecular weight is 330 g/mol. The maximum Gasteiger partial charge on any atom is 0.407 e. The molecule has 0 bridgehead atoms. The molecule has 0 aromatic heterocycles. The Bertz CT molecular complexity index is 329. The first kappa shape index (κ1) is 11.9. The molecule has 1 rings (SSSR count). The van der Waals surface area contributed by atoms with Gasteiger partial charge in [0.2, 0.25) is 0 Å². The van der Waals surface area contributed by atoms with Crippen molar-refractivity contribution < 1.29 is 13.5 Å². The second-order valence-electron chi connectivity index (χ2n) is 2.78. The summed E-state index contributed by atoms with van der Waals surface area (Å²) in [5.74, 6) is 0.162. The minimum Gasteiger partial charge on any atom is -0.432 e. The molecule has 1 aromatic carbocycles. The monoisotopic (exact) mass is 328 g/mol. The third kappa shape index (κ3) is 3.20. The molecular weight excluding hydrogens is 322 g/mol. The van der Waals surface area contributed by atoms with Crippen molar-refractivity contribution in [3.63, 3.8) is 0 Å². The Kier molecular flexibility index (Phi) is 3.89. The van der Waals surface area contributed by atoms with Crippen molar-refractivity contribution >= 4 is 31.9 Å². The second-order valence-corrected chi connectivity index (χ2v) is 4.20. The lowest BCUT2D eigenvalue weighted by atomic mass is 10.2. The summed E-state index contributed by atoms with van der Waals surface area (Å²) in [5.41, 5.74) is 0.855. The number of alkyl halides is 3. The van der Waals surface area contributed by atoms with E-state index in [9.17, 15) is 8.78 Å². The van der Waals surface area contributed by atoms with Crippen LogP contribution < -0.4 is 4.74 Å². The van der Waals surface area contributed by atoms with Crippen molar-refractivity contribution in [3.8, 4) is 5.75 Å². The highest BCUT2D eigenvalue weighted by molar-refractivity contribution is 9.10. The predicted molar refractivity (Wildman–Crippen MR) is 58.2 cm³/mol. The molecule has 78 valence electrons. The molecule has 1 nitrogen and oxygen atoms in total. The summed E-state index contributed by atoms with van der Waals surface area (Å²) in [6.45, 7) is 1.81. The highest BCUT2D eigenvalue weighted by atomic mass is 79.9. The molecular formula is C9H8Br2F2O. The molecule has 5 heteroatoms. The zero-order chi connectivity index (χ0) is 10.8. The van der Waals surface area contributed by atoms with Crippen molar-refractivity contribution in [2.45, 2.75) is 13.0 Å². The summed E-state index contributed by atoms with van der Waals surface area (Å²) in [7, 11) is 0. The SMILES string of the molecule is Cc1cc(OC(F)(F)CBr)ccc1Br. The van der Waals surface area contributed by atoms with Crippen LogP contribution in [0.25, 0.3) is 0 Å². The number of aryl methyl sites for hydroxylation is 1. The van der Waals surface area contributed by atoms with Gasteiger partial charge in [0.15, 0.2) is 0 Å². The summed E-state index contributed by atoms with van der Waals surface area (Å²) in [6, 6.07) is 4.73. The number of halogens is 4. The van der Waals surface area contributed by atoms with Crippen LogP contribution in [-0.4, -0.2) is 11.4 Å². The van der Waals surface area contributed by atoms with Crippen molar-refractivity contribution in [3.05, 3.63) is 28.2 Å². The summed E-state index contributed by atoms with van der Waals surface area (Å²) < 4.78 is 30.9. The molecule has 0 aliphatic heterocycles. The van der Waals surface area contributed by atoms with Crippen LogP contribution in [0.3, 0.4) is 0 Å². The number of benzene rings is 1. The van der Waals surface area contributed by atoms with E-state index in [0.29, 0.717) is 0 Å². The van der Waals surface area contributed by atoms with E-state index in [1.807, 2.05) is 6.92 Å². The van der Waals surface area contributed by atoms with Crippen LogP contribution in [0.15, 0.2) is 22.7 Å². The quantitative estimate of drug-likeness (QED) is 0.758. The van der Waals surface area contributed by atoms with Crippen LogP contribution in [0.2, 0.25) is 0 Å². The van der Waals surface area contributed by atoms with Gasteiger partial charge in [0, 0.05) is 4.47 Å². The van der Waals surface area contributed by atoms with E-state index in [1.165, 1.54) is 6.07 Å². The first-order valence-corrected chi connectivity index (χ1v) is 5.75. The molecule has 0 N–H and O–H groups in total. The van der Waals surface area contributed by atoms with E-state index < -0.39 is 11.4 Å². The zero-order valence-corrected chi connectivity index (χ0v) is 10.5. The van der Waals surface area contributed by atoms with Gasteiger partial charge in [0.25, 0.3) is 0 Å². The van der Waals surface area contributed by atoms with Gasteiger partial charge in [-0.15, -0.1) is 0 Å². The van der Waals surface area contributed by atoms with Crippen molar-refractivity contribution in [2.24, 2.45) is 0 Å². The smallest absolute Gasteiger partial charge is 0.407 e. The fourth-order valence-corrected chi connectivity index (χ4v) is 1.24. The van der Waals surface area contributed by atoms with E-state index >= 15 is 0 Å². The van der Waals surface area contributed by atoms with Gasteiger partial charge < -0.3 is 4.74 Å². The summed E-state index contributed by atoms with van der Waals surface area (Å²) in [5, 5.41) is -0.519. The first-order valence-electron chi connectivity index (χ1n) is 3.83. The van der Waals surface area contributed by atoms with Crippen molar-refractivity contribution in [1.82, 2.24) is 0 Å². The highest BCUT2D eigenvalue weighted by Crippen LogP contribution is 2.27. The second kappa shape index (κ2) is 4.57. The molecule has 0 atom stereocenters. The summed E-state index contributed by atoms with van der Waals surface area (Å²) in [6.07, 6.45) is -3.17. The minimum absolute atomic E-state index is 0.162. The Hall–Kier alpha value is -0.160. The number of ether oxygens (including phenoxy) is 1. The Morgan fingerprint density at radius 3 is 2.57 bits per heavy atom. The lowest BCUT2D eigenvalue weighted by Crippen LogP contribution is -2.26. The normalized spacial score (nSPS) is 11.5. The van der Waals surface area contributed by atoms with Gasteiger partial charge in [-0.25, -0.2) is 0 Å². The van der Waals surface area contributed by atoms with Gasteiger partial charge in [0.05, 0.1) is 0 Å². The standard InChI is InChI=1S/C9H8Br2F2O/c1-6-4-7(2-3-8(6)11)14-9(12,13)5-10/h2-4H,5H2,1H3. The molecule has 0 unspecified atom stereocenters. The lowest BCUT2D eigenvalue weighted by Gasteiger charge is -2.15. The van der Waals surface area contributed by atoms with Gasteiger partial charge in [-0.05, 0) is 30.7 Å². The molecule has 0 aliphatic rings. The van der Waals surface area contributed by atoms with Crippen LogP contribution in [0.4, 0.5) is 8.78 Å². The third-order valence-corrected chi connectivity index (χ3v) is 3.09. The average Bonchev–Trinajstić information content (AvgIpc) is 2.11. The number of hydrogen-bond acceptors (Lipinski definition) is 1. The maximum atomic E-state index is 12.8. The van der Waals surface area contributed by atoms with Gasteiger partial charge >= 0.3 is 6.11 Å². The lowest BCUT2D eigenvalue weighted by molar-refractivity contribution is -0.153. The topological polar surface area (TPSA) is 9.23 Å². The minimum atomic E-state index is -3.17. The van der Waals surface area contributed by atoms with Crippen LogP contribution in [0.5, 0.6) is 5.75 Å². The van der Waals surface area contributed by atoms with E-state index in [4.69, 9.17) is 0 Å². The zero-order valence-electron chi connectivity index (χ0n) is 7.36. The summed E-state index contributed by atoms with van der Waals surface area (Å²) in [4.78, 5) is 0. The van der Waals surface area contributed by atoms with Gasteiger partial charge in [-0.1, -0.05) is 31.9 Å². The third-order valence-electron chi connectivity index (χ3n) is 1.55. The Balaban J connectivity index is 2.83. The largest absolute Gasteiger partial charge is 0.432 e. The van der Waals surface area contributed by atoms with Crippen LogP contribution >= 0.6 is 31.9 Å². The van der Waals surface area contributed by atoms with Crippen LogP contribution in [0.1, 0.15) is 5.56 Å². The van der Waals surface area contributed by atoms with E-state index in [-0.39, 0.29) is 5.75 Å². The highest BCUT2D eigenvalue weighted by Gasteiger charge is 2.29. The summed E-state index contributed by atoms with van der Waals surface area (Å²) >= 11 is 5.95. The van der Waals surface area contributed by atoms with Crippen molar-refractivity contribution in [1.29, 1.82) is 0 Å². The fourth-order valence-electron chi connectivity index (χ4n) is 0.880. The van der Waals surface area contributed by atoms with Gasteiger partial charge in [-0.3, -0.25) is 0 Å². The van der Waals surface area contributed by atoms with E-state index in [2.05, 4.69) is 36.6 Å². The molecule has 0 radical (unpaired) electrons. The molecule has 0 aliphatic carbocycles. The van der Waals surface area contributed by atoms with Crippen LogP contribution in [-0.2, 0) is 0 Å². The maximum absolute atomic E-state index is 12.8.